The lowest BCUT2D eigenvalue weighted by Crippen LogP contribution is -2.17. The summed E-state index contributed by atoms with van der Waals surface area (Å²) in [5.74, 6) is 0.0274. The number of aromatic nitrogens is 4. The predicted molar refractivity (Wildman–Crippen MR) is 73.9 cm³/mol. The molecule has 2 heterocycles. The summed E-state index contributed by atoms with van der Waals surface area (Å²) in [4.78, 5) is 23.5. The molecule has 3 rings (SSSR count). The molecule has 1 aliphatic carbocycles. The van der Waals surface area contributed by atoms with Gasteiger partial charge in [-0.15, -0.1) is 0 Å². The number of hydrogen-bond donors (Lipinski definition) is 5. The molecule has 2 unspecified atom stereocenters. The maximum absolute atomic E-state index is 11.0. The second-order valence-corrected chi connectivity index (χ2v) is 4.61. The number of aromatic amines is 2. The summed E-state index contributed by atoms with van der Waals surface area (Å²) >= 11 is 0. The number of anilines is 1. The normalized spacial score (nSPS) is 21.8. The van der Waals surface area contributed by atoms with Crippen molar-refractivity contribution in [2.24, 2.45) is 5.92 Å². The molecule has 0 bridgehead atoms. The van der Waals surface area contributed by atoms with Gasteiger partial charge in [0.2, 0.25) is 5.95 Å². The number of rotatable bonds is 1. The van der Waals surface area contributed by atoms with Gasteiger partial charge in [-0.25, -0.2) is 4.98 Å². The van der Waals surface area contributed by atoms with Crippen LogP contribution in [0.1, 0.15) is 12.8 Å². The van der Waals surface area contributed by atoms with Crippen molar-refractivity contribution in [1.29, 1.82) is 0 Å². The number of H-pyrrole nitrogens is 2. The highest BCUT2D eigenvalue weighted by molar-refractivity contribution is 5.69. The van der Waals surface area contributed by atoms with Gasteiger partial charge in [0.15, 0.2) is 11.2 Å². The van der Waals surface area contributed by atoms with Crippen molar-refractivity contribution < 1.29 is 10.2 Å². The maximum Gasteiger partial charge on any atom is 0.278 e. The average Bonchev–Trinajstić information content (AvgIpc) is 2.97. The number of imidazole rings is 1. The molecule has 0 saturated heterocycles. The van der Waals surface area contributed by atoms with E-state index in [-0.39, 0.29) is 30.1 Å². The van der Waals surface area contributed by atoms with Crippen molar-refractivity contribution in [1.82, 2.24) is 19.9 Å². The van der Waals surface area contributed by atoms with Crippen LogP contribution < -0.4 is 11.3 Å². The van der Waals surface area contributed by atoms with E-state index >= 15 is 0 Å². The molecule has 1 fully saturated rings. The van der Waals surface area contributed by atoms with Crippen molar-refractivity contribution in [3.05, 3.63) is 28.8 Å². The Labute approximate surface area is 114 Å². The molecule has 1 saturated carbocycles. The lowest BCUT2D eigenvalue weighted by atomic mass is 10.0. The summed E-state index contributed by atoms with van der Waals surface area (Å²) in [7, 11) is 0. The minimum atomic E-state index is -0.345. The Morgan fingerprint density at radius 2 is 2.30 bits per heavy atom. The quantitative estimate of drug-likeness (QED) is 0.447. The minimum absolute atomic E-state index is 0.0417. The minimum Gasteiger partial charge on any atom is -0.396 e. The van der Waals surface area contributed by atoms with Crippen LogP contribution in [0.5, 0.6) is 0 Å². The number of fused-ring (bicyclic) bond motifs is 1. The van der Waals surface area contributed by atoms with Crippen molar-refractivity contribution in [3.8, 4) is 0 Å². The summed E-state index contributed by atoms with van der Waals surface area (Å²) in [6, 6.07) is 0. The summed E-state index contributed by atoms with van der Waals surface area (Å²) in [5, 5.41) is 17.8. The first-order chi connectivity index (χ1) is 9.52. The van der Waals surface area contributed by atoms with E-state index in [9.17, 15) is 4.79 Å². The van der Waals surface area contributed by atoms with E-state index in [4.69, 9.17) is 15.9 Å². The third kappa shape index (κ3) is 2.86. The van der Waals surface area contributed by atoms with E-state index in [1.165, 1.54) is 6.33 Å². The van der Waals surface area contributed by atoms with Crippen LogP contribution in [0.15, 0.2) is 23.3 Å². The third-order valence-electron chi connectivity index (χ3n) is 3.26. The van der Waals surface area contributed by atoms with Gasteiger partial charge in [0.25, 0.3) is 5.56 Å². The van der Waals surface area contributed by atoms with E-state index in [0.29, 0.717) is 11.2 Å². The van der Waals surface area contributed by atoms with E-state index in [1.807, 2.05) is 0 Å². The first kappa shape index (κ1) is 14.2. The molecule has 20 heavy (non-hydrogen) atoms. The zero-order valence-corrected chi connectivity index (χ0v) is 10.8. The summed E-state index contributed by atoms with van der Waals surface area (Å²) in [6.07, 6.45) is 2.69. The van der Waals surface area contributed by atoms with E-state index in [0.717, 1.165) is 18.4 Å². The monoisotopic (exact) mass is 279 g/mol. The first-order valence-electron chi connectivity index (χ1n) is 6.18. The lowest BCUT2D eigenvalue weighted by molar-refractivity contribution is 0.103. The number of aliphatic hydroxyl groups excluding tert-OH is 2. The zero-order chi connectivity index (χ0) is 14.7. The number of nitrogens with two attached hydrogens (primary N) is 1. The molecular weight excluding hydrogens is 262 g/mol. The van der Waals surface area contributed by atoms with E-state index < -0.39 is 0 Å². The van der Waals surface area contributed by atoms with Gasteiger partial charge in [0.1, 0.15) is 0 Å². The summed E-state index contributed by atoms with van der Waals surface area (Å²) < 4.78 is 0. The van der Waals surface area contributed by atoms with Crippen molar-refractivity contribution in [3.63, 3.8) is 0 Å². The highest BCUT2D eigenvalue weighted by atomic mass is 16.3. The highest BCUT2D eigenvalue weighted by Crippen LogP contribution is 2.29. The van der Waals surface area contributed by atoms with Crippen molar-refractivity contribution in [2.45, 2.75) is 18.9 Å². The molecule has 8 heteroatoms. The van der Waals surface area contributed by atoms with Crippen molar-refractivity contribution in [2.75, 3.05) is 12.3 Å². The molecule has 0 aliphatic heterocycles. The Balaban J connectivity index is 0.000000151. The second-order valence-electron chi connectivity index (χ2n) is 4.61. The molecule has 2 aromatic heterocycles. The van der Waals surface area contributed by atoms with Gasteiger partial charge >= 0.3 is 0 Å². The number of hydrogen-bond acceptors (Lipinski definition) is 6. The zero-order valence-electron chi connectivity index (χ0n) is 10.8. The Hall–Kier alpha value is -2.19. The SMILES string of the molecule is C=C1CCC(O)C1CO.Nc1nc2nc[nH]c2c(=O)[nH]1. The first-order valence-corrected chi connectivity index (χ1v) is 6.18. The third-order valence-corrected chi connectivity index (χ3v) is 3.26. The fourth-order valence-electron chi connectivity index (χ4n) is 2.10. The molecule has 108 valence electrons. The van der Waals surface area contributed by atoms with Gasteiger partial charge in [-0.2, -0.15) is 4.98 Å². The number of nitrogens with zero attached hydrogens (tertiary/aromatic N) is 2. The highest BCUT2D eigenvalue weighted by Gasteiger charge is 2.27. The Morgan fingerprint density at radius 3 is 2.85 bits per heavy atom. The van der Waals surface area contributed by atoms with Gasteiger partial charge in [0.05, 0.1) is 19.0 Å². The largest absolute Gasteiger partial charge is 0.396 e. The van der Waals surface area contributed by atoms with Gasteiger partial charge in [0, 0.05) is 5.92 Å². The smallest absolute Gasteiger partial charge is 0.278 e. The summed E-state index contributed by atoms with van der Waals surface area (Å²) in [6.45, 7) is 3.78. The molecule has 2 atom stereocenters. The van der Waals surface area contributed by atoms with Gasteiger partial charge in [-0.1, -0.05) is 12.2 Å². The van der Waals surface area contributed by atoms with Crippen LogP contribution in [0, 0.1) is 5.92 Å². The molecule has 0 amide bonds. The maximum atomic E-state index is 11.0. The fraction of sp³-hybridized carbons (Fsp3) is 0.417. The van der Waals surface area contributed by atoms with Crippen molar-refractivity contribution >= 4 is 17.1 Å². The van der Waals surface area contributed by atoms with Crippen LogP contribution in [0.25, 0.3) is 11.2 Å². The van der Waals surface area contributed by atoms with Gasteiger partial charge in [-0.05, 0) is 12.8 Å². The molecule has 2 aromatic rings. The van der Waals surface area contributed by atoms with Gasteiger partial charge in [-0.3, -0.25) is 9.78 Å². The molecule has 0 spiro atoms. The molecule has 1 aliphatic rings. The summed E-state index contributed by atoms with van der Waals surface area (Å²) in [5.41, 5.74) is 6.64. The second kappa shape index (κ2) is 5.85. The van der Waals surface area contributed by atoms with Crippen LogP contribution in [0.4, 0.5) is 5.95 Å². The molecule has 6 N–H and O–H groups in total. The fourth-order valence-corrected chi connectivity index (χ4v) is 2.10. The van der Waals surface area contributed by atoms with Gasteiger partial charge < -0.3 is 20.9 Å². The number of nitrogens with one attached hydrogen (secondary N) is 2. The Kier molecular flexibility index (Phi) is 4.16. The number of aliphatic hydroxyl groups is 2. The molecule has 8 nitrogen and oxygen atoms in total. The molecule has 0 aromatic carbocycles. The van der Waals surface area contributed by atoms with E-state index in [2.05, 4.69) is 26.5 Å². The van der Waals surface area contributed by atoms with Crippen LogP contribution >= 0.6 is 0 Å². The standard InChI is InChI=1S/C7H12O2.C5H5N5O/c1-5-2-3-7(9)6(5)4-8;6-5-9-3-2(4(11)10-5)7-1-8-3/h6-9H,1-4H2;1H,(H4,6,7,8,9,10,11). The van der Waals surface area contributed by atoms with Crippen LogP contribution in [0.2, 0.25) is 0 Å². The van der Waals surface area contributed by atoms with Crippen LogP contribution in [-0.4, -0.2) is 42.9 Å². The average molecular weight is 279 g/mol. The topological polar surface area (TPSA) is 141 Å². The van der Waals surface area contributed by atoms with E-state index in [1.54, 1.807) is 0 Å². The molecular formula is C12H17N5O3. The molecule has 0 radical (unpaired) electrons. The van der Waals surface area contributed by atoms with Crippen LogP contribution in [0.3, 0.4) is 0 Å². The number of nitrogen functional groups attached to an aromatic ring is 1. The Bertz CT molecular complexity index is 662. The Morgan fingerprint density at radius 1 is 1.55 bits per heavy atom. The van der Waals surface area contributed by atoms with Crippen LogP contribution in [-0.2, 0) is 0 Å². The lowest BCUT2D eigenvalue weighted by Gasteiger charge is -2.10. The predicted octanol–water partition coefficient (Wildman–Crippen LogP) is -0.466.